The fourth-order valence-electron chi connectivity index (χ4n) is 3.95. The molecule has 1 aliphatic rings. The molecular weight excluding hydrogens is 406 g/mol. The van der Waals surface area contributed by atoms with E-state index in [1.807, 2.05) is 16.8 Å². The van der Waals surface area contributed by atoms with E-state index < -0.39 is 0 Å². The number of halogens is 1. The molecule has 4 heterocycles. The Morgan fingerprint density at radius 3 is 2.62 bits per heavy atom. The Labute approximate surface area is 179 Å². The van der Waals surface area contributed by atoms with Crippen LogP contribution in [0.1, 0.15) is 43.4 Å². The van der Waals surface area contributed by atoms with Crippen molar-refractivity contribution in [2.24, 2.45) is 5.73 Å². The van der Waals surface area contributed by atoms with Gasteiger partial charge in [-0.2, -0.15) is 4.52 Å². The van der Waals surface area contributed by atoms with E-state index in [2.05, 4.69) is 28.9 Å². The lowest BCUT2D eigenvalue weighted by atomic mass is 10.0. The van der Waals surface area contributed by atoms with E-state index in [0.29, 0.717) is 5.82 Å². The normalized spacial score (nSPS) is 15.6. The topological polar surface area (TPSA) is 85.2 Å². The van der Waals surface area contributed by atoms with Gasteiger partial charge in [0.05, 0.1) is 11.0 Å². The fourth-order valence-corrected chi connectivity index (χ4v) is 4.48. The van der Waals surface area contributed by atoms with Gasteiger partial charge in [-0.3, -0.25) is 0 Å². The monoisotopic (exact) mass is 429 g/mol. The first-order valence-electron chi connectivity index (χ1n) is 9.72. The molecule has 2 N–H and O–H groups in total. The van der Waals surface area contributed by atoms with Crippen LogP contribution in [0.4, 0.5) is 5.95 Å². The lowest BCUT2D eigenvalue weighted by Crippen LogP contribution is -2.32. The zero-order valence-electron chi connectivity index (χ0n) is 16.5. The minimum atomic E-state index is -0.104. The van der Waals surface area contributed by atoms with Gasteiger partial charge in [0, 0.05) is 29.9 Å². The summed E-state index contributed by atoms with van der Waals surface area (Å²) < 4.78 is 1.90. The maximum Gasteiger partial charge on any atom is 0.229 e. The summed E-state index contributed by atoms with van der Waals surface area (Å²) in [7, 11) is 0. The number of aryl methyl sites for hydroxylation is 1. The van der Waals surface area contributed by atoms with Gasteiger partial charge in [0.25, 0.3) is 0 Å². The number of thiazole rings is 1. The lowest BCUT2D eigenvalue weighted by molar-refractivity contribution is 0.563. The van der Waals surface area contributed by atoms with Crippen LogP contribution >= 0.6 is 23.7 Å². The number of nitrogens with two attached hydrogens (primary N) is 1. The summed E-state index contributed by atoms with van der Waals surface area (Å²) in [6.45, 7) is 6.06. The summed E-state index contributed by atoms with van der Waals surface area (Å²) in [6, 6.07) is 4.16. The Morgan fingerprint density at radius 1 is 1.14 bits per heavy atom. The Bertz CT molecular complexity index is 1150. The van der Waals surface area contributed by atoms with E-state index in [-0.39, 0.29) is 18.4 Å². The summed E-state index contributed by atoms with van der Waals surface area (Å²) in [5.74, 6) is 1.49. The minimum absolute atomic E-state index is 0. The van der Waals surface area contributed by atoms with Crippen molar-refractivity contribution in [3.8, 4) is 11.5 Å². The standard InChI is InChI=1S/C20H23N7S.ClH/c1-12-8-14(13(2)21)17-15(9-12)19-24-18(16-10-28-11-22-16)25-27(19)20(23-17)26-6-4-3-5-7-26;/h8-11,13H,3-7,21H2,1-2H3;1H/t13-;/m1./s1. The summed E-state index contributed by atoms with van der Waals surface area (Å²) >= 11 is 1.55. The molecule has 0 bridgehead atoms. The van der Waals surface area contributed by atoms with Gasteiger partial charge >= 0.3 is 0 Å². The molecule has 9 heteroatoms. The van der Waals surface area contributed by atoms with E-state index in [1.54, 1.807) is 16.8 Å². The van der Waals surface area contributed by atoms with Gasteiger partial charge < -0.3 is 10.6 Å². The molecule has 0 unspecified atom stereocenters. The fraction of sp³-hybridized carbons (Fsp3) is 0.400. The van der Waals surface area contributed by atoms with Crippen molar-refractivity contribution >= 4 is 46.2 Å². The smallest absolute Gasteiger partial charge is 0.229 e. The number of aromatic nitrogens is 5. The van der Waals surface area contributed by atoms with Crippen molar-refractivity contribution in [3.05, 3.63) is 34.2 Å². The molecule has 0 aliphatic carbocycles. The van der Waals surface area contributed by atoms with Crippen LogP contribution in [0.15, 0.2) is 23.0 Å². The highest BCUT2D eigenvalue weighted by Gasteiger charge is 2.22. The Balaban J connectivity index is 0.00000205. The Morgan fingerprint density at radius 2 is 1.93 bits per heavy atom. The molecule has 4 aromatic rings. The van der Waals surface area contributed by atoms with Crippen LogP contribution in [0, 0.1) is 6.92 Å². The van der Waals surface area contributed by atoms with Crippen LogP contribution in [0.2, 0.25) is 0 Å². The van der Waals surface area contributed by atoms with Crippen LogP contribution in [0.3, 0.4) is 0 Å². The molecule has 29 heavy (non-hydrogen) atoms. The first-order valence-corrected chi connectivity index (χ1v) is 10.7. The summed E-state index contributed by atoms with van der Waals surface area (Å²) in [5, 5.41) is 7.76. The highest BCUT2D eigenvalue weighted by atomic mass is 35.5. The molecule has 5 rings (SSSR count). The molecule has 1 saturated heterocycles. The number of anilines is 1. The molecule has 0 spiro atoms. The molecule has 1 fully saturated rings. The third-order valence-electron chi connectivity index (χ3n) is 5.32. The van der Waals surface area contributed by atoms with Crippen LogP contribution < -0.4 is 10.6 Å². The average Bonchev–Trinajstić information content (AvgIpc) is 3.37. The molecule has 0 saturated carbocycles. The number of nitrogens with zero attached hydrogens (tertiary/aromatic N) is 6. The molecule has 152 valence electrons. The van der Waals surface area contributed by atoms with Crippen LogP contribution in [0.25, 0.3) is 28.1 Å². The van der Waals surface area contributed by atoms with E-state index in [9.17, 15) is 0 Å². The van der Waals surface area contributed by atoms with Crippen LogP contribution in [-0.2, 0) is 0 Å². The first-order chi connectivity index (χ1) is 13.6. The predicted molar refractivity (Wildman–Crippen MR) is 120 cm³/mol. The third-order valence-corrected chi connectivity index (χ3v) is 5.91. The molecule has 1 atom stereocenters. The Hall–Kier alpha value is -2.29. The number of rotatable bonds is 3. The van der Waals surface area contributed by atoms with Crippen molar-refractivity contribution < 1.29 is 0 Å². The van der Waals surface area contributed by atoms with Crippen molar-refractivity contribution in [3.63, 3.8) is 0 Å². The summed E-state index contributed by atoms with van der Waals surface area (Å²) in [4.78, 5) is 16.7. The quantitative estimate of drug-likeness (QED) is 0.526. The second kappa shape index (κ2) is 7.85. The number of piperidine rings is 1. The first kappa shape index (κ1) is 20.0. The van der Waals surface area contributed by atoms with Crippen LogP contribution in [-0.4, -0.2) is 37.7 Å². The minimum Gasteiger partial charge on any atom is -0.341 e. The predicted octanol–water partition coefficient (Wildman–Crippen LogP) is 4.14. The SMILES string of the molecule is Cc1cc([C@@H](C)N)c2nc(N3CCCCC3)n3nc(-c4cscn4)nc3c2c1.Cl. The zero-order chi connectivity index (χ0) is 19.3. The van der Waals surface area contributed by atoms with Gasteiger partial charge in [-0.1, -0.05) is 6.07 Å². The van der Waals surface area contributed by atoms with Gasteiger partial charge in [-0.05, 0) is 50.3 Å². The highest BCUT2D eigenvalue weighted by Crippen LogP contribution is 2.31. The maximum absolute atomic E-state index is 6.30. The van der Waals surface area contributed by atoms with E-state index in [4.69, 9.17) is 20.8 Å². The summed E-state index contributed by atoms with van der Waals surface area (Å²) in [5.41, 5.74) is 12.8. The van der Waals surface area contributed by atoms with Crippen molar-refractivity contribution in [1.29, 1.82) is 0 Å². The van der Waals surface area contributed by atoms with E-state index in [0.717, 1.165) is 52.4 Å². The van der Waals surface area contributed by atoms with Gasteiger partial charge in [-0.25, -0.2) is 15.0 Å². The number of hydrogen-bond acceptors (Lipinski definition) is 7. The van der Waals surface area contributed by atoms with Gasteiger partial charge in [-0.15, -0.1) is 28.8 Å². The number of fused-ring (bicyclic) bond motifs is 3. The molecule has 7 nitrogen and oxygen atoms in total. The molecular formula is C20H24ClN7S. The number of hydrogen-bond donors (Lipinski definition) is 1. The zero-order valence-corrected chi connectivity index (χ0v) is 18.1. The molecule has 0 radical (unpaired) electrons. The van der Waals surface area contributed by atoms with Crippen molar-refractivity contribution in [1.82, 2.24) is 24.6 Å². The maximum atomic E-state index is 6.30. The second-order valence-corrected chi connectivity index (χ2v) is 8.26. The molecule has 1 aliphatic heterocycles. The van der Waals surface area contributed by atoms with E-state index >= 15 is 0 Å². The Kier molecular flexibility index (Phi) is 5.42. The third kappa shape index (κ3) is 3.45. The van der Waals surface area contributed by atoms with Crippen molar-refractivity contribution in [2.75, 3.05) is 18.0 Å². The van der Waals surface area contributed by atoms with E-state index in [1.165, 1.54) is 19.3 Å². The number of benzene rings is 1. The largest absolute Gasteiger partial charge is 0.341 e. The summed E-state index contributed by atoms with van der Waals surface area (Å²) in [6.07, 6.45) is 3.60. The van der Waals surface area contributed by atoms with Gasteiger partial charge in [0.1, 0.15) is 5.69 Å². The molecule has 0 amide bonds. The van der Waals surface area contributed by atoms with Gasteiger partial charge in [0.15, 0.2) is 5.65 Å². The van der Waals surface area contributed by atoms with Crippen molar-refractivity contribution in [2.45, 2.75) is 39.2 Å². The molecule has 1 aromatic carbocycles. The average molecular weight is 430 g/mol. The second-order valence-electron chi connectivity index (χ2n) is 7.54. The highest BCUT2D eigenvalue weighted by molar-refractivity contribution is 7.07. The van der Waals surface area contributed by atoms with Crippen LogP contribution in [0.5, 0.6) is 0 Å². The lowest BCUT2D eigenvalue weighted by Gasteiger charge is -2.28. The van der Waals surface area contributed by atoms with Gasteiger partial charge in [0.2, 0.25) is 11.8 Å². The molecule has 3 aromatic heterocycles.